The van der Waals surface area contributed by atoms with Crippen molar-refractivity contribution in [2.75, 3.05) is 13.1 Å². The Kier molecular flexibility index (Phi) is 8.53. The summed E-state index contributed by atoms with van der Waals surface area (Å²) in [6.07, 6.45) is 6.82. The fourth-order valence-corrected chi connectivity index (χ4v) is 2.02. The van der Waals surface area contributed by atoms with E-state index in [1.165, 1.54) is 45.2 Å². The van der Waals surface area contributed by atoms with Crippen molar-refractivity contribution in [1.29, 1.82) is 0 Å². The molecule has 0 spiro atoms. The first-order valence-corrected chi connectivity index (χ1v) is 6.04. The Hall–Kier alpha value is -0.0400. The van der Waals surface area contributed by atoms with Crippen molar-refractivity contribution < 1.29 is 0 Å². The summed E-state index contributed by atoms with van der Waals surface area (Å²) >= 11 is 0. The van der Waals surface area contributed by atoms with Gasteiger partial charge in [-0.05, 0) is 25.9 Å². The van der Waals surface area contributed by atoms with E-state index in [1.54, 1.807) is 0 Å². The van der Waals surface area contributed by atoms with E-state index in [2.05, 4.69) is 32.6 Å². The van der Waals surface area contributed by atoms with Crippen LogP contribution in [0.2, 0.25) is 0 Å². The Morgan fingerprint density at radius 1 is 0.846 bits per heavy atom. The van der Waals surface area contributed by atoms with Gasteiger partial charge in [-0.1, -0.05) is 47.0 Å². The summed E-state index contributed by atoms with van der Waals surface area (Å²) in [4.78, 5) is 2.61. The second-order valence-corrected chi connectivity index (χ2v) is 3.81. The fraction of sp³-hybridized carbons (Fsp3) is 1.00. The van der Waals surface area contributed by atoms with Gasteiger partial charge in [0.2, 0.25) is 0 Å². The normalized spacial score (nSPS) is 13.6. The van der Waals surface area contributed by atoms with Crippen molar-refractivity contribution in [3.05, 3.63) is 0 Å². The number of rotatable bonds is 8. The maximum absolute atomic E-state index is 2.61. The molecule has 0 aromatic rings. The number of hydrogen-bond acceptors (Lipinski definition) is 1. The van der Waals surface area contributed by atoms with Crippen LogP contribution >= 0.6 is 0 Å². The van der Waals surface area contributed by atoms with E-state index in [9.17, 15) is 0 Å². The zero-order valence-corrected chi connectivity index (χ0v) is 9.97. The van der Waals surface area contributed by atoms with Gasteiger partial charge in [-0.2, -0.15) is 0 Å². The first-order chi connectivity index (χ1) is 6.29. The number of unbranched alkanes of at least 4 members (excludes halogenated alkanes) is 1. The standard InChI is InChI=1S/C12H27N/c1-5-9-11-12(10-6-2)13(7-3)8-4/h12H,5-11H2,1-4H3. The minimum Gasteiger partial charge on any atom is -0.301 e. The monoisotopic (exact) mass is 185 g/mol. The summed E-state index contributed by atoms with van der Waals surface area (Å²) in [6.45, 7) is 11.6. The second-order valence-electron chi connectivity index (χ2n) is 3.81. The van der Waals surface area contributed by atoms with Crippen molar-refractivity contribution in [1.82, 2.24) is 4.90 Å². The molecule has 0 aliphatic heterocycles. The molecule has 1 unspecified atom stereocenters. The SMILES string of the molecule is CCCCC(CCC)N(CC)CC. The Balaban J connectivity index is 3.88. The summed E-state index contributed by atoms with van der Waals surface area (Å²) in [5.41, 5.74) is 0. The molecule has 0 amide bonds. The van der Waals surface area contributed by atoms with Gasteiger partial charge in [-0.25, -0.2) is 0 Å². The average molecular weight is 185 g/mol. The molecule has 0 radical (unpaired) electrons. The molecule has 0 aliphatic rings. The summed E-state index contributed by atoms with van der Waals surface area (Å²) < 4.78 is 0. The minimum atomic E-state index is 0.847. The molecule has 0 aliphatic carbocycles. The second kappa shape index (κ2) is 8.55. The number of nitrogens with zero attached hydrogens (tertiary/aromatic N) is 1. The van der Waals surface area contributed by atoms with Crippen LogP contribution in [-0.2, 0) is 0 Å². The highest BCUT2D eigenvalue weighted by atomic mass is 15.1. The van der Waals surface area contributed by atoms with Crippen LogP contribution in [-0.4, -0.2) is 24.0 Å². The van der Waals surface area contributed by atoms with Gasteiger partial charge in [-0.3, -0.25) is 0 Å². The predicted octanol–water partition coefficient (Wildman–Crippen LogP) is 3.69. The molecule has 0 saturated carbocycles. The van der Waals surface area contributed by atoms with Crippen LogP contribution in [0.15, 0.2) is 0 Å². The molecule has 1 atom stereocenters. The molecule has 0 fully saturated rings. The van der Waals surface area contributed by atoms with Gasteiger partial charge in [0.05, 0.1) is 0 Å². The molecule has 0 bridgehead atoms. The van der Waals surface area contributed by atoms with E-state index in [-0.39, 0.29) is 0 Å². The van der Waals surface area contributed by atoms with Crippen molar-refractivity contribution >= 4 is 0 Å². The van der Waals surface area contributed by atoms with E-state index < -0.39 is 0 Å². The molecule has 0 rings (SSSR count). The molecule has 0 aromatic heterocycles. The Labute approximate surface area is 84.5 Å². The molecule has 1 heteroatoms. The maximum atomic E-state index is 2.61. The summed E-state index contributed by atoms with van der Waals surface area (Å²) in [6, 6.07) is 0.847. The lowest BCUT2D eigenvalue weighted by molar-refractivity contribution is 0.191. The summed E-state index contributed by atoms with van der Waals surface area (Å²) in [5, 5.41) is 0. The third kappa shape index (κ3) is 5.30. The third-order valence-electron chi connectivity index (χ3n) is 2.84. The topological polar surface area (TPSA) is 3.24 Å². The Morgan fingerprint density at radius 2 is 1.46 bits per heavy atom. The van der Waals surface area contributed by atoms with Gasteiger partial charge in [0.15, 0.2) is 0 Å². The highest BCUT2D eigenvalue weighted by Gasteiger charge is 2.13. The van der Waals surface area contributed by atoms with Gasteiger partial charge >= 0.3 is 0 Å². The molecule has 80 valence electrons. The van der Waals surface area contributed by atoms with E-state index in [1.807, 2.05) is 0 Å². The van der Waals surface area contributed by atoms with Crippen molar-refractivity contribution in [3.63, 3.8) is 0 Å². The van der Waals surface area contributed by atoms with Crippen LogP contribution in [0.3, 0.4) is 0 Å². The maximum Gasteiger partial charge on any atom is 0.00949 e. The van der Waals surface area contributed by atoms with Gasteiger partial charge in [0, 0.05) is 6.04 Å². The number of hydrogen-bond donors (Lipinski definition) is 0. The first kappa shape index (κ1) is 13.0. The summed E-state index contributed by atoms with van der Waals surface area (Å²) in [7, 11) is 0. The van der Waals surface area contributed by atoms with Crippen molar-refractivity contribution in [2.24, 2.45) is 0 Å². The fourth-order valence-electron chi connectivity index (χ4n) is 2.02. The van der Waals surface area contributed by atoms with E-state index >= 15 is 0 Å². The van der Waals surface area contributed by atoms with E-state index in [4.69, 9.17) is 0 Å². The van der Waals surface area contributed by atoms with Gasteiger partial charge in [-0.15, -0.1) is 0 Å². The third-order valence-corrected chi connectivity index (χ3v) is 2.84. The van der Waals surface area contributed by atoms with Crippen LogP contribution < -0.4 is 0 Å². The molecule has 0 saturated heterocycles. The van der Waals surface area contributed by atoms with Crippen LogP contribution in [0.25, 0.3) is 0 Å². The molecule has 1 nitrogen and oxygen atoms in total. The van der Waals surface area contributed by atoms with Crippen LogP contribution in [0, 0.1) is 0 Å². The van der Waals surface area contributed by atoms with Crippen LogP contribution in [0.4, 0.5) is 0 Å². The lowest BCUT2D eigenvalue weighted by Gasteiger charge is -2.29. The first-order valence-electron chi connectivity index (χ1n) is 6.04. The highest BCUT2D eigenvalue weighted by molar-refractivity contribution is 4.69. The van der Waals surface area contributed by atoms with Gasteiger partial charge in [0.25, 0.3) is 0 Å². The zero-order chi connectivity index (χ0) is 10.1. The largest absolute Gasteiger partial charge is 0.301 e. The average Bonchev–Trinajstić information content (AvgIpc) is 2.16. The smallest absolute Gasteiger partial charge is 0.00949 e. The lowest BCUT2D eigenvalue weighted by Crippen LogP contribution is -2.34. The molecular weight excluding hydrogens is 158 g/mol. The minimum absolute atomic E-state index is 0.847. The summed E-state index contributed by atoms with van der Waals surface area (Å²) in [5.74, 6) is 0. The highest BCUT2D eigenvalue weighted by Crippen LogP contribution is 2.13. The molecule has 0 aromatic carbocycles. The van der Waals surface area contributed by atoms with Crippen LogP contribution in [0.5, 0.6) is 0 Å². The lowest BCUT2D eigenvalue weighted by atomic mass is 10.0. The van der Waals surface area contributed by atoms with Crippen molar-refractivity contribution in [2.45, 2.75) is 65.8 Å². The zero-order valence-electron chi connectivity index (χ0n) is 9.97. The predicted molar refractivity (Wildman–Crippen MR) is 61.1 cm³/mol. The molecule has 13 heavy (non-hydrogen) atoms. The Morgan fingerprint density at radius 3 is 1.85 bits per heavy atom. The van der Waals surface area contributed by atoms with Crippen LogP contribution in [0.1, 0.15) is 59.8 Å². The van der Waals surface area contributed by atoms with Gasteiger partial charge in [0.1, 0.15) is 0 Å². The molecular formula is C12H27N. The molecule has 0 heterocycles. The molecule has 0 N–H and O–H groups in total. The van der Waals surface area contributed by atoms with Gasteiger partial charge < -0.3 is 4.90 Å². The van der Waals surface area contributed by atoms with Crippen molar-refractivity contribution in [3.8, 4) is 0 Å². The Bertz CT molecular complexity index is 97.3. The quantitative estimate of drug-likeness (QED) is 0.557. The van der Waals surface area contributed by atoms with E-state index in [0.29, 0.717) is 0 Å². The van der Waals surface area contributed by atoms with E-state index in [0.717, 1.165) is 6.04 Å².